The Kier molecular flexibility index (Phi) is 6.27. The molecule has 0 aliphatic carbocycles. The minimum atomic E-state index is -3.72. The quantitative estimate of drug-likeness (QED) is 0.549. The van der Waals surface area contributed by atoms with E-state index in [1.807, 2.05) is 0 Å². The second-order valence-corrected chi connectivity index (χ2v) is 3.61. The van der Waals surface area contributed by atoms with E-state index in [1.54, 1.807) is 13.8 Å². The minimum absolute atomic E-state index is 0. The van der Waals surface area contributed by atoms with Crippen molar-refractivity contribution < 1.29 is 32.8 Å². The van der Waals surface area contributed by atoms with E-state index in [4.69, 9.17) is 0 Å². The first-order valence-corrected chi connectivity index (χ1v) is 4.33. The van der Waals surface area contributed by atoms with Crippen molar-refractivity contribution in [3.8, 4) is 0 Å². The standard InChI is InChI=1S/C4H10FO2P.Rh/c1-4(2)7-8(3,5)6;/h4H,1-3H3;. The van der Waals surface area contributed by atoms with Crippen LogP contribution in [0.4, 0.5) is 4.20 Å². The molecule has 0 aliphatic heterocycles. The van der Waals surface area contributed by atoms with Crippen LogP contribution < -0.4 is 0 Å². The first kappa shape index (κ1) is 12.4. The van der Waals surface area contributed by atoms with Crippen molar-refractivity contribution >= 4 is 7.68 Å². The van der Waals surface area contributed by atoms with Crippen LogP contribution in [0.2, 0.25) is 0 Å². The monoisotopic (exact) mass is 243 g/mol. The van der Waals surface area contributed by atoms with Crippen LogP contribution in [-0.4, -0.2) is 12.8 Å². The molecule has 0 saturated heterocycles. The van der Waals surface area contributed by atoms with Crippen molar-refractivity contribution in [3.63, 3.8) is 0 Å². The third-order valence-corrected chi connectivity index (χ3v) is 1.20. The van der Waals surface area contributed by atoms with E-state index in [-0.39, 0.29) is 25.6 Å². The SMILES string of the molecule is CC(C)OP(C)(=O)F.[Rh]. The largest absolute Gasteiger partial charge is 0.364 e. The minimum Gasteiger partial charge on any atom is -0.303 e. The molecule has 0 aromatic carbocycles. The van der Waals surface area contributed by atoms with Crippen molar-refractivity contribution in [1.29, 1.82) is 0 Å². The summed E-state index contributed by atoms with van der Waals surface area (Å²) < 4.78 is 26.4. The fraction of sp³-hybridized carbons (Fsp3) is 1.00. The maximum Gasteiger partial charge on any atom is 0.364 e. The zero-order chi connectivity index (χ0) is 6.78. The Morgan fingerprint density at radius 1 is 1.56 bits per heavy atom. The van der Waals surface area contributed by atoms with Crippen molar-refractivity contribution in [2.45, 2.75) is 20.0 Å². The topological polar surface area (TPSA) is 26.3 Å². The average Bonchev–Trinajstić information content (AvgIpc) is 1.21. The molecule has 0 aromatic heterocycles. The molecule has 5 heteroatoms. The number of rotatable bonds is 2. The second-order valence-electron chi connectivity index (χ2n) is 1.90. The molecule has 0 heterocycles. The Morgan fingerprint density at radius 3 is 1.89 bits per heavy atom. The van der Waals surface area contributed by atoms with Crippen LogP contribution in [0.1, 0.15) is 13.8 Å². The zero-order valence-electron chi connectivity index (χ0n) is 5.55. The van der Waals surface area contributed by atoms with Gasteiger partial charge in [0.2, 0.25) is 0 Å². The number of hydrogen-bond acceptors (Lipinski definition) is 2. The summed E-state index contributed by atoms with van der Waals surface area (Å²) >= 11 is 0. The van der Waals surface area contributed by atoms with Gasteiger partial charge in [0.15, 0.2) is 0 Å². The van der Waals surface area contributed by atoms with E-state index in [1.165, 1.54) is 0 Å². The van der Waals surface area contributed by atoms with Crippen LogP contribution in [0, 0.1) is 0 Å². The first-order valence-electron chi connectivity index (χ1n) is 2.37. The maximum atomic E-state index is 12.0. The predicted molar refractivity (Wildman–Crippen MR) is 30.9 cm³/mol. The van der Waals surface area contributed by atoms with Gasteiger partial charge in [0.05, 0.1) is 6.10 Å². The Hall–Kier alpha value is 0.743. The molecule has 0 spiro atoms. The van der Waals surface area contributed by atoms with Crippen LogP contribution in [0.5, 0.6) is 0 Å². The second kappa shape index (κ2) is 4.54. The fourth-order valence-electron chi connectivity index (χ4n) is 0.377. The van der Waals surface area contributed by atoms with Gasteiger partial charge in [0.25, 0.3) is 0 Å². The van der Waals surface area contributed by atoms with Crippen LogP contribution in [0.3, 0.4) is 0 Å². The summed E-state index contributed by atoms with van der Waals surface area (Å²) in [6.07, 6.45) is -0.296. The first-order chi connectivity index (χ1) is 3.42. The molecule has 1 radical (unpaired) electrons. The van der Waals surface area contributed by atoms with Crippen molar-refractivity contribution in [3.05, 3.63) is 0 Å². The predicted octanol–water partition coefficient (Wildman–Crippen LogP) is 2.20. The molecule has 0 N–H and O–H groups in total. The Balaban J connectivity index is 0. The molecule has 0 amide bonds. The fourth-order valence-corrected chi connectivity index (χ4v) is 1.13. The zero-order valence-corrected chi connectivity index (χ0v) is 8.09. The van der Waals surface area contributed by atoms with Crippen molar-refractivity contribution in [2.75, 3.05) is 6.66 Å². The molecule has 0 rings (SSSR count). The van der Waals surface area contributed by atoms with Gasteiger partial charge in [-0.2, -0.15) is 4.20 Å². The number of halogens is 1. The molecule has 9 heavy (non-hydrogen) atoms. The summed E-state index contributed by atoms with van der Waals surface area (Å²) in [6.45, 7) is 4.22. The molecular weight excluding hydrogens is 233 g/mol. The summed E-state index contributed by atoms with van der Waals surface area (Å²) in [5.74, 6) is 0. The molecule has 0 aliphatic rings. The molecule has 0 fully saturated rings. The van der Waals surface area contributed by atoms with Crippen LogP contribution >= 0.6 is 7.68 Å². The smallest absolute Gasteiger partial charge is 0.303 e. The summed E-state index contributed by atoms with van der Waals surface area (Å²) in [7, 11) is -3.72. The van der Waals surface area contributed by atoms with Crippen LogP contribution in [0.15, 0.2) is 0 Å². The third-order valence-electron chi connectivity index (χ3n) is 0.399. The average molecular weight is 243 g/mol. The van der Waals surface area contributed by atoms with Gasteiger partial charge in [-0.3, -0.25) is 4.57 Å². The molecular formula is C4H10FO2PRh. The molecule has 0 aromatic rings. The Morgan fingerprint density at radius 2 is 1.89 bits per heavy atom. The van der Waals surface area contributed by atoms with Gasteiger partial charge in [0.1, 0.15) is 0 Å². The van der Waals surface area contributed by atoms with Crippen LogP contribution in [0.25, 0.3) is 0 Å². The Bertz CT molecular complexity index is 111. The van der Waals surface area contributed by atoms with Crippen LogP contribution in [-0.2, 0) is 28.6 Å². The summed E-state index contributed by atoms with van der Waals surface area (Å²) in [4.78, 5) is 0. The summed E-state index contributed by atoms with van der Waals surface area (Å²) in [6, 6.07) is 0. The molecule has 0 saturated carbocycles. The molecule has 59 valence electrons. The van der Waals surface area contributed by atoms with Gasteiger partial charge in [0, 0.05) is 26.1 Å². The van der Waals surface area contributed by atoms with Gasteiger partial charge in [-0.15, -0.1) is 0 Å². The van der Waals surface area contributed by atoms with E-state index >= 15 is 0 Å². The summed E-state index contributed by atoms with van der Waals surface area (Å²) in [5, 5.41) is 0. The van der Waals surface area contributed by atoms with Crippen molar-refractivity contribution in [1.82, 2.24) is 0 Å². The summed E-state index contributed by atoms with van der Waals surface area (Å²) in [5.41, 5.74) is 0. The van der Waals surface area contributed by atoms with E-state index in [0.29, 0.717) is 0 Å². The maximum absolute atomic E-state index is 12.0. The Labute approximate surface area is 67.5 Å². The molecule has 0 bridgehead atoms. The van der Waals surface area contributed by atoms with Gasteiger partial charge in [-0.25, -0.2) is 0 Å². The molecule has 2 nitrogen and oxygen atoms in total. The molecule has 1 unspecified atom stereocenters. The number of hydrogen-bond donors (Lipinski definition) is 0. The van der Waals surface area contributed by atoms with Crippen molar-refractivity contribution in [2.24, 2.45) is 0 Å². The van der Waals surface area contributed by atoms with Gasteiger partial charge in [-0.1, -0.05) is 0 Å². The van der Waals surface area contributed by atoms with E-state index in [9.17, 15) is 8.76 Å². The van der Waals surface area contributed by atoms with E-state index in [2.05, 4.69) is 4.52 Å². The molecule has 1 atom stereocenters. The van der Waals surface area contributed by atoms with E-state index in [0.717, 1.165) is 6.66 Å². The van der Waals surface area contributed by atoms with Gasteiger partial charge in [-0.05, 0) is 13.8 Å². The third kappa shape index (κ3) is 12.1. The van der Waals surface area contributed by atoms with Gasteiger partial charge < -0.3 is 4.52 Å². The normalized spacial score (nSPS) is 16.6. The van der Waals surface area contributed by atoms with Gasteiger partial charge >= 0.3 is 7.68 Å². The van der Waals surface area contributed by atoms with E-state index < -0.39 is 7.68 Å².